The van der Waals surface area contributed by atoms with Gasteiger partial charge in [-0.25, -0.2) is 15.0 Å². The molecule has 0 saturated heterocycles. The van der Waals surface area contributed by atoms with Crippen LogP contribution in [0.2, 0.25) is 0 Å². The highest BCUT2D eigenvalue weighted by atomic mass is 14.9. The predicted octanol–water partition coefficient (Wildman–Crippen LogP) is 12.3. The van der Waals surface area contributed by atoms with E-state index < -0.39 is 0 Å². The van der Waals surface area contributed by atoms with Gasteiger partial charge in [0.2, 0.25) is 0 Å². The molecule has 3 aromatic heterocycles. The van der Waals surface area contributed by atoms with Gasteiger partial charge in [-0.2, -0.15) is 0 Å². The lowest BCUT2D eigenvalue weighted by atomic mass is 9.93. The van der Waals surface area contributed by atoms with E-state index in [2.05, 4.69) is 176 Å². The molecule has 7 aromatic carbocycles. The van der Waals surface area contributed by atoms with E-state index in [4.69, 9.17) is 15.0 Å². The topological polar surface area (TPSA) is 38.7 Å². The van der Waals surface area contributed by atoms with Crippen LogP contribution in [-0.2, 0) is 0 Å². The minimum absolute atomic E-state index is 0.711. The minimum atomic E-state index is 0.711. The number of rotatable bonds is 4. The number of benzene rings is 7. The fourth-order valence-corrected chi connectivity index (χ4v) is 7.27. The highest BCUT2D eigenvalue weighted by Crippen LogP contribution is 2.38. The van der Waals surface area contributed by atoms with Crippen LogP contribution in [0, 0.1) is 0 Å². The second kappa shape index (κ2) is 11.5. The maximum absolute atomic E-state index is 5.38. The molecule has 0 aliphatic heterocycles. The Balaban J connectivity index is 1.21. The van der Waals surface area contributed by atoms with E-state index >= 15 is 0 Å². The van der Waals surface area contributed by atoms with Crippen LogP contribution >= 0.6 is 0 Å². The highest BCUT2D eigenvalue weighted by Gasteiger charge is 2.16. The first-order chi connectivity index (χ1) is 24.7. The first kappa shape index (κ1) is 28.3. The van der Waals surface area contributed by atoms with Crippen LogP contribution in [0.15, 0.2) is 176 Å². The summed E-state index contributed by atoms with van der Waals surface area (Å²) in [5, 5.41) is 7.78. The molecule has 0 atom stereocenters. The third kappa shape index (κ3) is 4.79. The van der Waals surface area contributed by atoms with Crippen LogP contribution < -0.4 is 0 Å². The van der Waals surface area contributed by atoms with Gasteiger partial charge in [-0.05, 0) is 74.8 Å². The minimum Gasteiger partial charge on any atom is -0.245 e. The highest BCUT2D eigenvalue weighted by molar-refractivity contribution is 6.15. The molecular formula is C47H29N3. The summed E-state index contributed by atoms with van der Waals surface area (Å²) in [5.74, 6) is 0. The Morgan fingerprint density at radius 2 is 0.860 bits per heavy atom. The van der Waals surface area contributed by atoms with E-state index in [1.165, 1.54) is 21.9 Å². The molecule has 0 N–H and O–H groups in total. The number of nitrogens with zero attached hydrogens (tertiary/aromatic N) is 3. The molecule has 0 radical (unpaired) electrons. The SMILES string of the molecule is c1ccc(-c2cc(-c3ccccc3)cc(-c3nc4nc5c(ccc6ccc(-c7ccc8ccccc8c7)nc65)cc4c4ccccc34)c2)cc1. The zero-order valence-electron chi connectivity index (χ0n) is 27.1. The number of hydrogen-bond acceptors (Lipinski definition) is 3. The van der Waals surface area contributed by atoms with Gasteiger partial charge in [0, 0.05) is 32.7 Å². The molecule has 0 saturated carbocycles. The van der Waals surface area contributed by atoms with Gasteiger partial charge in [0.05, 0.1) is 22.4 Å². The summed E-state index contributed by atoms with van der Waals surface area (Å²) in [5.41, 5.74) is 11.1. The van der Waals surface area contributed by atoms with E-state index in [1.807, 2.05) is 0 Å². The van der Waals surface area contributed by atoms with Gasteiger partial charge in [-0.15, -0.1) is 0 Å². The average molecular weight is 636 g/mol. The van der Waals surface area contributed by atoms with Crippen LogP contribution in [0.3, 0.4) is 0 Å². The summed E-state index contributed by atoms with van der Waals surface area (Å²) in [4.78, 5) is 15.9. The van der Waals surface area contributed by atoms with E-state index in [0.29, 0.717) is 5.65 Å². The number of pyridine rings is 3. The van der Waals surface area contributed by atoms with Crippen molar-refractivity contribution in [3.63, 3.8) is 0 Å². The Labute approximate surface area is 289 Å². The third-order valence-electron chi connectivity index (χ3n) is 9.78. The summed E-state index contributed by atoms with van der Waals surface area (Å²) in [6, 6.07) is 62.2. The molecule has 0 aliphatic carbocycles. The van der Waals surface area contributed by atoms with E-state index in [0.717, 1.165) is 71.6 Å². The lowest BCUT2D eigenvalue weighted by molar-refractivity contribution is 1.33. The van der Waals surface area contributed by atoms with Crippen LogP contribution in [0.4, 0.5) is 0 Å². The van der Waals surface area contributed by atoms with Crippen molar-refractivity contribution in [2.45, 2.75) is 0 Å². The van der Waals surface area contributed by atoms with Gasteiger partial charge in [0.15, 0.2) is 5.65 Å². The summed E-state index contributed by atoms with van der Waals surface area (Å²) in [6.45, 7) is 0. The predicted molar refractivity (Wildman–Crippen MR) is 209 cm³/mol. The number of fused-ring (bicyclic) bond motifs is 7. The van der Waals surface area contributed by atoms with E-state index in [-0.39, 0.29) is 0 Å². The Morgan fingerprint density at radius 3 is 1.62 bits per heavy atom. The second-order valence-electron chi connectivity index (χ2n) is 12.9. The van der Waals surface area contributed by atoms with Crippen LogP contribution in [0.25, 0.3) is 99.2 Å². The summed E-state index contributed by atoms with van der Waals surface area (Å²) in [7, 11) is 0. The molecule has 10 rings (SSSR count). The fourth-order valence-electron chi connectivity index (χ4n) is 7.27. The molecule has 0 spiro atoms. The zero-order valence-corrected chi connectivity index (χ0v) is 27.1. The van der Waals surface area contributed by atoms with E-state index in [9.17, 15) is 0 Å². The van der Waals surface area contributed by atoms with Crippen molar-refractivity contribution in [2.24, 2.45) is 0 Å². The second-order valence-corrected chi connectivity index (χ2v) is 12.9. The van der Waals surface area contributed by atoms with Gasteiger partial charge in [0.1, 0.15) is 0 Å². The van der Waals surface area contributed by atoms with Crippen molar-refractivity contribution in [3.05, 3.63) is 176 Å². The normalized spacial score (nSPS) is 11.6. The molecule has 3 heterocycles. The van der Waals surface area contributed by atoms with Crippen LogP contribution in [0.5, 0.6) is 0 Å². The summed E-state index contributed by atoms with van der Waals surface area (Å²) in [6.07, 6.45) is 0. The average Bonchev–Trinajstić information content (AvgIpc) is 3.20. The van der Waals surface area contributed by atoms with Gasteiger partial charge in [0.25, 0.3) is 0 Å². The quantitative estimate of drug-likeness (QED) is 0.143. The molecule has 232 valence electrons. The Morgan fingerprint density at radius 1 is 0.280 bits per heavy atom. The third-order valence-corrected chi connectivity index (χ3v) is 9.78. The Kier molecular flexibility index (Phi) is 6.49. The molecule has 50 heavy (non-hydrogen) atoms. The first-order valence-electron chi connectivity index (χ1n) is 16.9. The Bertz CT molecular complexity index is 2860. The van der Waals surface area contributed by atoms with Crippen LogP contribution in [0.1, 0.15) is 0 Å². The lowest BCUT2D eigenvalue weighted by Crippen LogP contribution is -1.95. The van der Waals surface area contributed by atoms with Crippen molar-refractivity contribution in [3.8, 4) is 44.8 Å². The molecule has 0 fully saturated rings. The van der Waals surface area contributed by atoms with Crippen molar-refractivity contribution >= 4 is 54.4 Å². The van der Waals surface area contributed by atoms with Crippen molar-refractivity contribution < 1.29 is 0 Å². The first-order valence-corrected chi connectivity index (χ1v) is 16.9. The molecule has 0 amide bonds. The van der Waals surface area contributed by atoms with Gasteiger partial charge in [-0.1, -0.05) is 140 Å². The molecule has 0 bridgehead atoms. The number of aromatic nitrogens is 3. The standard InChI is InChI=1S/C47H29N3/c1-3-11-30(12-4-1)37-26-38(31-13-5-2-6-14-31)28-39(27-37)44-41-18-10-9-17-40(41)42-29-36-22-20-33-23-24-43(48-45(33)46(36)50-47(42)49-44)35-21-19-32-15-7-8-16-34(32)25-35/h1-29H. The number of hydrogen-bond donors (Lipinski definition) is 0. The Hall–Kier alpha value is -6.71. The molecule has 3 nitrogen and oxygen atoms in total. The summed E-state index contributed by atoms with van der Waals surface area (Å²) >= 11 is 0. The monoisotopic (exact) mass is 635 g/mol. The zero-order chi connectivity index (χ0) is 33.0. The maximum atomic E-state index is 5.38. The van der Waals surface area contributed by atoms with E-state index in [1.54, 1.807) is 0 Å². The smallest absolute Gasteiger partial charge is 0.161 e. The molecule has 3 heteroatoms. The fraction of sp³-hybridized carbons (Fsp3) is 0. The van der Waals surface area contributed by atoms with Gasteiger partial charge < -0.3 is 0 Å². The molecule has 0 aliphatic rings. The largest absolute Gasteiger partial charge is 0.245 e. The van der Waals surface area contributed by atoms with Crippen molar-refractivity contribution in [1.29, 1.82) is 0 Å². The maximum Gasteiger partial charge on any atom is 0.161 e. The van der Waals surface area contributed by atoms with Crippen LogP contribution in [-0.4, -0.2) is 15.0 Å². The van der Waals surface area contributed by atoms with Gasteiger partial charge in [-0.3, -0.25) is 0 Å². The lowest BCUT2D eigenvalue weighted by Gasteiger charge is -2.14. The molecule has 0 unspecified atom stereocenters. The van der Waals surface area contributed by atoms with Crippen molar-refractivity contribution in [2.75, 3.05) is 0 Å². The van der Waals surface area contributed by atoms with Crippen molar-refractivity contribution in [1.82, 2.24) is 15.0 Å². The molecule has 10 aromatic rings. The van der Waals surface area contributed by atoms with Gasteiger partial charge >= 0.3 is 0 Å². The molecular weight excluding hydrogens is 607 g/mol. The summed E-state index contributed by atoms with van der Waals surface area (Å²) < 4.78 is 0.